The quantitative estimate of drug-likeness (QED) is 0.707. The highest BCUT2D eigenvalue weighted by molar-refractivity contribution is 5.20. The Hall–Kier alpha value is -1.48. The van der Waals surface area contributed by atoms with Crippen LogP contribution in [-0.2, 0) is 0 Å². The van der Waals surface area contributed by atoms with Crippen LogP contribution in [0.1, 0.15) is 17.4 Å². The Kier molecular flexibility index (Phi) is 1.72. The van der Waals surface area contributed by atoms with Crippen molar-refractivity contribution in [3.05, 3.63) is 48.2 Å². The van der Waals surface area contributed by atoms with E-state index in [9.17, 15) is 5.11 Å². The third kappa shape index (κ3) is 1.14. The Labute approximate surface area is 69.7 Å². The summed E-state index contributed by atoms with van der Waals surface area (Å²) in [5.41, 5.74) is 0.810. The van der Waals surface area contributed by atoms with Gasteiger partial charge >= 0.3 is 0 Å². The Morgan fingerprint density at radius 3 is 2.92 bits per heavy atom. The SMILES string of the molecule is OC(c1cc[nH]c1)c1ccco1. The number of hydrogen-bond acceptors (Lipinski definition) is 2. The predicted octanol–water partition coefficient (Wildman–Crippen LogP) is 1.69. The number of H-pyrrole nitrogens is 1. The number of aliphatic hydroxyl groups excluding tert-OH is 1. The van der Waals surface area contributed by atoms with Crippen LogP contribution in [0.15, 0.2) is 41.3 Å². The molecule has 0 aliphatic heterocycles. The number of aromatic amines is 1. The summed E-state index contributed by atoms with van der Waals surface area (Å²) in [6.07, 6.45) is 4.39. The van der Waals surface area contributed by atoms with Gasteiger partial charge in [-0.05, 0) is 18.2 Å². The van der Waals surface area contributed by atoms with E-state index < -0.39 is 6.10 Å². The maximum atomic E-state index is 9.66. The molecule has 12 heavy (non-hydrogen) atoms. The molecule has 0 aliphatic rings. The molecule has 0 spiro atoms. The molecule has 0 amide bonds. The van der Waals surface area contributed by atoms with Gasteiger partial charge in [0.1, 0.15) is 11.9 Å². The number of aromatic nitrogens is 1. The largest absolute Gasteiger partial charge is 0.466 e. The van der Waals surface area contributed by atoms with Gasteiger partial charge in [0.25, 0.3) is 0 Å². The molecule has 2 rings (SSSR count). The zero-order valence-electron chi connectivity index (χ0n) is 6.40. The lowest BCUT2D eigenvalue weighted by Crippen LogP contribution is -1.95. The lowest BCUT2D eigenvalue weighted by molar-refractivity contribution is 0.189. The van der Waals surface area contributed by atoms with Gasteiger partial charge in [0.15, 0.2) is 0 Å². The minimum atomic E-state index is -0.661. The van der Waals surface area contributed by atoms with E-state index in [0.29, 0.717) is 5.76 Å². The molecule has 3 heteroatoms. The summed E-state index contributed by atoms with van der Waals surface area (Å²) in [4.78, 5) is 2.87. The van der Waals surface area contributed by atoms with Crippen LogP contribution in [0.5, 0.6) is 0 Å². The van der Waals surface area contributed by atoms with E-state index in [-0.39, 0.29) is 0 Å². The second kappa shape index (κ2) is 2.87. The fourth-order valence-corrected chi connectivity index (χ4v) is 1.12. The van der Waals surface area contributed by atoms with Gasteiger partial charge in [-0.3, -0.25) is 0 Å². The molecule has 0 radical (unpaired) electrons. The van der Waals surface area contributed by atoms with E-state index >= 15 is 0 Å². The van der Waals surface area contributed by atoms with Crippen LogP contribution in [0.25, 0.3) is 0 Å². The Balaban J connectivity index is 2.27. The van der Waals surface area contributed by atoms with Crippen LogP contribution >= 0.6 is 0 Å². The van der Waals surface area contributed by atoms with Crippen molar-refractivity contribution in [2.75, 3.05) is 0 Å². The average Bonchev–Trinajstić information content (AvgIpc) is 2.77. The summed E-state index contributed by atoms with van der Waals surface area (Å²) in [5.74, 6) is 0.564. The lowest BCUT2D eigenvalue weighted by atomic mass is 10.1. The van der Waals surface area contributed by atoms with Gasteiger partial charge in [0.2, 0.25) is 0 Å². The van der Waals surface area contributed by atoms with E-state index in [0.717, 1.165) is 5.56 Å². The molecule has 1 unspecified atom stereocenters. The smallest absolute Gasteiger partial charge is 0.138 e. The second-order valence-electron chi connectivity index (χ2n) is 2.56. The molecule has 0 fully saturated rings. The lowest BCUT2D eigenvalue weighted by Gasteiger charge is -2.03. The van der Waals surface area contributed by atoms with Crippen LogP contribution in [-0.4, -0.2) is 10.1 Å². The van der Waals surface area contributed by atoms with Gasteiger partial charge in [-0.1, -0.05) is 0 Å². The monoisotopic (exact) mass is 163 g/mol. The fraction of sp³-hybridized carbons (Fsp3) is 0.111. The molecule has 0 aromatic carbocycles. The predicted molar refractivity (Wildman–Crippen MR) is 43.6 cm³/mol. The molecule has 1 atom stereocenters. The molecule has 2 aromatic heterocycles. The number of rotatable bonds is 2. The first kappa shape index (κ1) is 7.18. The molecule has 2 heterocycles. The molecule has 2 aromatic rings. The van der Waals surface area contributed by atoms with E-state index in [1.54, 1.807) is 30.8 Å². The van der Waals surface area contributed by atoms with Crippen molar-refractivity contribution >= 4 is 0 Å². The zero-order valence-corrected chi connectivity index (χ0v) is 6.40. The normalized spacial score (nSPS) is 13.1. The highest BCUT2D eigenvalue weighted by Crippen LogP contribution is 2.20. The molecule has 62 valence electrons. The van der Waals surface area contributed by atoms with Gasteiger partial charge in [-0.25, -0.2) is 0 Å². The summed E-state index contributed by atoms with van der Waals surface area (Å²) in [5, 5.41) is 9.66. The number of hydrogen-bond donors (Lipinski definition) is 2. The molecule has 0 saturated heterocycles. The van der Waals surface area contributed by atoms with E-state index in [1.165, 1.54) is 0 Å². The molecule has 2 N–H and O–H groups in total. The van der Waals surface area contributed by atoms with Crippen LogP contribution in [0.3, 0.4) is 0 Å². The summed E-state index contributed by atoms with van der Waals surface area (Å²) in [7, 11) is 0. The minimum absolute atomic E-state index is 0.564. The van der Waals surface area contributed by atoms with E-state index in [2.05, 4.69) is 4.98 Å². The molecule has 3 nitrogen and oxygen atoms in total. The second-order valence-corrected chi connectivity index (χ2v) is 2.56. The third-order valence-corrected chi connectivity index (χ3v) is 1.75. The molecule has 0 saturated carbocycles. The first-order chi connectivity index (χ1) is 5.88. The topological polar surface area (TPSA) is 49.2 Å². The standard InChI is InChI=1S/C9H9NO2/c11-9(7-3-4-10-6-7)8-2-1-5-12-8/h1-6,9-11H. The summed E-state index contributed by atoms with van der Waals surface area (Å²) >= 11 is 0. The van der Waals surface area contributed by atoms with Crippen molar-refractivity contribution in [3.63, 3.8) is 0 Å². The number of furan rings is 1. The van der Waals surface area contributed by atoms with E-state index in [1.807, 2.05) is 6.07 Å². The van der Waals surface area contributed by atoms with Crippen LogP contribution in [0, 0.1) is 0 Å². The molecular weight excluding hydrogens is 154 g/mol. The fourth-order valence-electron chi connectivity index (χ4n) is 1.12. The van der Waals surface area contributed by atoms with Gasteiger partial charge in [0.05, 0.1) is 6.26 Å². The van der Waals surface area contributed by atoms with Crippen LogP contribution in [0.4, 0.5) is 0 Å². The van der Waals surface area contributed by atoms with Crippen molar-refractivity contribution in [2.45, 2.75) is 6.10 Å². The van der Waals surface area contributed by atoms with Crippen molar-refractivity contribution in [2.24, 2.45) is 0 Å². The Bertz CT molecular complexity index is 289. The Morgan fingerprint density at radius 1 is 1.42 bits per heavy atom. The maximum absolute atomic E-state index is 9.66. The van der Waals surface area contributed by atoms with E-state index in [4.69, 9.17) is 4.42 Å². The highest BCUT2D eigenvalue weighted by atomic mass is 16.4. The first-order valence-corrected chi connectivity index (χ1v) is 3.72. The van der Waals surface area contributed by atoms with Crippen molar-refractivity contribution in [3.8, 4) is 0 Å². The third-order valence-electron chi connectivity index (χ3n) is 1.75. The van der Waals surface area contributed by atoms with Gasteiger partial charge in [0, 0.05) is 18.0 Å². The minimum Gasteiger partial charge on any atom is -0.466 e. The molecular formula is C9H9NO2. The summed E-state index contributed by atoms with van der Waals surface area (Å²) in [6, 6.07) is 5.32. The van der Waals surface area contributed by atoms with Gasteiger partial charge < -0.3 is 14.5 Å². The van der Waals surface area contributed by atoms with Crippen molar-refractivity contribution in [1.82, 2.24) is 4.98 Å². The van der Waals surface area contributed by atoms with Crippen LogP contribution in [0.2, 0.25) is 0 Å². The van der Waals surface area contributed by atoms with Gasteiger partial charge in [-0.2, -0.15) is 0 Å². The van der Waals surface area contributed by atoms with Crippen molar-refractivity contribution in [1.29, 1.82) is 0 Å². The number of aliphatic hydroxyl groups is 1. The van der Waals surface area contributed by atoms with Crippen LogP contribution < -0.4 is 0 Å². The average molecular weight is 163 g/mol. The molecule has 0 aliphatic carbocycles. The summed E-state index contributed by atoms with van der Waals surface area (Å²) in [6.45, 7) is 0. The van der Waals surface area contributed by atoms with Gasteiger partial charge in [-0.15, -0.1) is 0 Å². The summed E-state index contributed by atoms with van der Waals surface area (Å²) < 4.78 is 5.06. The molecule has 0 bridgehead atoms. The first-order valence-electron chi connectivity index (χ1n) is 3.72. The van der Waals surface area contributed by atoms with Crippen molar-refractivity contribution < 1.29 is 9.52 Å². The number of nitrogens with one attached hydrogen (secondary N) is 1. The highest BCUT2D eigenvalue weighted by Gasteiger charge is 2.12. The Morgan fingerprint density at radius 2 is 2.33 bits per heavy atom. The zero-order chi connectivity index (χ0) is 8.39. The maximum Gasteiger partial charge on any atom is 0.138 e.